The van der Waals surface area contributed by atoms with Crippen LogP contribution < -0.4 is 5.32 Å². The number of phenols is 2. The van der Waals surface area contributed by atoms with Gasteiger partial charge in [-0.3, -0.25) is 4.79 Å². The number of carbonyl (C=O) groups is 1. The number of aromatic hydroxyl groups is 2. The van der Waals surface area contributed by atoms with E-state index in [0.717, 1.165) is 12.3 Å². The number of alkyl halides is 1. The maximum atomic E-state index is 13.3. The normalized spacial score (nSPS) is 14.0. The number of rotatable bonds is 7. The number of halogens is 1. The van der Waals surface area contributed by atoms with Gasteiger partial charge < -0.3 is 20.6 Å². The smallest absolute Gasteiger partial charge is 0.244 e. The van der Waals surface area contributed by atoms with Crippen molar-refractivity contribution in [1.29, 1.82) is 0 Å². The maximum absolute atomic E-state index is 13.3. The molecule has 150 valence electrons. The molecule has 2 atom stereocenters. The number of sulfone groups is 1. The van der Waals surface area contributed by atoms with Gasteiger partial charge in [0, 0.05) is 12.3 Å². The minimum absolute atomic E-state index is 0.0596. The number of amides is 1. The molecule has 0 spiro atoms. The monoisotopic (exact) mass is 409 g/mol. The van der Waals surface area contributed by atoms with Gasteiger partial charge in [-0.25, -0.2) is 12.8 Å². The second-order valence-electron chi connectivity index (χ2n) is 6.14. The van der Waals surface area contributed by atoms with Gasteiger partial charge in [-0.05, 0) is 41.5 Å². The van der Waals surface area contributed by atoms with Crippen molar-refractivity contribution in [2.45, 2.75) is 17.0 Å². The highest BCUT2D eigenvalue weighted by Gasteiger charge is 2.22. The van der Waals surface area contributed by atoms with Gasteiger partial charge in [-0.15, -0.1) is 0 Å². The standard InChI is InChI=1S/C19H20FNO6S/c1-28(26,27)14-6-4-13(5-7-14)19(25)15(11-20)21-18(24)9-3-12-2-8-16(22)17(23)10-12/h2-10,15,19,22-23,25H,11H2,1H3,(H,21,24)/b9-3+/t15?,19-/m1/s1. The number of hydrogen-bond acceptors (Lipinski definition) is 6. The summed E-state index contributed by atoms with van der Waals surface area (Å²) < 4.78 is 36.3. The number of benzene rings is 2. The molecule has 0 aliphatic carbocycles. The molecule has 0 fully saturated rings. The van der Waals surface area contributed by atoms with E-state index in [4.69, 9.17) is 0 Å². The summed E-state index contributed by atoms with van der Waals surface area (Å²) in [6, 6.07) is 8.00. The summed E-state index contributed by atoms with van der Waals surface area (Å²) in [6.07, 6.45) is 2.10. The van der Waals surface area contributed by atoms with E-state index in [-0.39, 0.29) is 22.0 Å². The summed E-state index contributed by atoms with van der Waals surface area (Å²) in [4.78, 5) is 12.1. The molecule has 28 heavy (non-hydrogen) atoms. The molecule has 0 radical (unpaired) electrons. The minimum Gasteiger partial charge on any atom is -0.504 e. The van der Waals surface area contributed by atoms with Gasteiger partial charge in [0.1, 0.15) is 12.8 Å². The number of aliphatic hydroxyl groups excluding tert-OH is 1. The maximum Gasteiger partial charge on any atom is 0.244 e. The van der Waals surface area contributed by atoms with Gasteiger partial charge in [-0.1, -0.05) is 18.2 Å². The minimum atomic E-state index is -3.40. The van der Waals surface area contributed by atoms with Crippen LogP contribution in [0.5, 0.6) is 11.5 Å². The Bertz CT molecular complexity index is 972. The van der Waals surface area contributed by atoms with Crippen molar-refractivity contribution in [3.05, 3.63) is 59.7 Å². The van der Waals surface area contributed by atoms with Gasteiger partial charge in [0.15, 0.2) is 21.3 Å². The van der Waals surface area contributed by atoms with Gasteiger partial charge in [0.25, 0.3) is 0 Å². The molecule has 9 heteroatoms. The molecule has 1 unspecified atom stereocenters. The van der Waals surface area contributed by atoms with Crippen LogP contribution in [0.25, 0.3) is 6.08 Å². The summed E-state index contributed by atoms with van der Waals surface area (Å²) in [6.45, 7) is -1.05. The van der Waals surface area contributed by atoms with Gasteiger partial charge in [0.2, 0.25) is 5.91 Å². The third kappa shape index (κ3) is 5.54. The zero-order valence-corrected chi connectivity index (χ0v) is 15.7. The molecule has 4 N–H and O–H groups in total. The average molecular weight is 409 g/mol. The van der Waals surface area contributed by atoms with Gasteiger partial charge in [-0.2, -0.15) is 0 Å². The predicted octanol–water partition coefficient (Wildman–Crippen LogP) is 1.70. The highest BCUT2D eigenvalue weighted by molar-refractivity contribution is 7.90. The Balaban J connectivity index is 2.06. The fourth-order valence-corrected chi connectivity index (χ4v) is 3.02. The lowest BCUT2D eigenvalue weighted by molar-refractivity contribution is -0.118. The second kappa shape index (κ2) is 8.85. The van der Waals surface area contributed by atoms with Crippen LogP contribution in [0.3, 0.4) is 0 Å². The van der Waals surface area contributed by atoms with E-state index in [1.54, 1.807) is 0 Å². The average Bonchev–Trinajstić information content (AvgIpc) is 2.66. The van der Waals surface area contributed by atoms with Crippen LogP contribution in [0.1, 0.15) is 17.2 Å². The number of phenolic OH excluding ortho intramolecular Hbond substituents is 2. The summed E-state index contributed by atoms with van der Waals surface area (Å²) >= 11 is 0. The number of aliphatic hydroxyl groups is 1. The number of nitrogens with one attached hydrogen (secondary N) is 1. The van der Waals surface area contributed by atoms with Crippen molar-refractivity contribution < 1.29 is 32.9 Å². The quantitative estimate of drug-likeness (QED) is 0.408. The van der Waals surface area contributed by atoms with Crippen molar-refractivity contribution in [2.24, 2.45) is 0 Å². The molecule has 7 nitrogen and oxygen atoms in total. The Hall–Kier alpha value is -2.91. The Morgan fingerprint density at radius 2 is 1.79 bits per heavy atom. The Kier molecular flexibility index (Phi) is 6.76. The van der Waals surface area contributed by atoms with Crippen molar-refractivity contribution in [3.63, 3.8) is 0 Å². The molecule has 0 saturated heterocycles. The van der Waals surface area contributed by atoms with E-state index in [9.17, 15) is 32.9 Å². The fourth-order valence-electron chi connectivity index (χ4n) is 2.39. The van der Waals surface area contributed by atoms with Crippen molar-refractivity contribution in [1.82, 2.24) is 5.32 Å². The second-order valence-corrected chi connectivity index (χ2v) is 8.15. The van der Waals surface area contributed by atoms with Crippen LogP contribution in [0.2, 0.25) is 0 Å². The van der Waals surface area contributed by atoms with E-state index >= 15 is 0 Å². The topological polar surface area (TPSA) is 124 Å². The third-order valence-corrected chi connectivity index (χ3v) is 5.08. The van der Waals surface area contributed by atoms with Crippen molar-refractivity contribution in [2.75, 3.05) is 12.9 Å². The molecule has 2 aromatic rings. The first-order valence-corrected chi connectivity index (χ1v) is 10.1. The first-order valence-electron chi connectivity index (χ1n) is 8.16. The SMILES string of the molecule is CS(=O)(=O)c1ccc([C@@H](O)C(CF)NC(=O)/C=C/c2ccc(O)c(O)c2)cc1. The van der Waals surface area contributed by atoms with E-state index in [0.29, 0.717) is 5.56 Å². The highest BCUT2D eigenvalue weighted by Crippen LogP contribution is 2.25. The Morgan fingerprint density at radius 1 is 1.14 bits per heavy atom. The predicted molar refractivity (Wildman–Crippen MR) is 101 cm³/mol. The molecule has 0 heterocycles. The molecule has 0 aliphatic rings. The van der Waals surface area contributed by atoms with Crippen molar-refractivity contribution >= 4 is 21.8 Å². The summed E-state index contributed by atoms with van der Waals surface area (Å²) in [7, 11) is -3.40. The van der Waals surface area contributed by atoms with Crippen LogP contribution >= 0.6 is 0 Å². The molecule has 2 rings (SSSR count). The van der Waals surface area contributed by atoms with Crippen molar-refractivity contribution in [3.8, 4) is 11.5 Å². The van der Waals surface area contributed by atoms with E-state index in [1.807, 2.05) is 0 Å². The Labute approximate surface area is 161 Å². The number of hydrogen-bond donors (Lipinski definition) is 4. The summed E-state index contributed by atoms with van der Waals surface area (Å²) in [5.41, 5.74) is 0.682. The van der Waals surface area contributed by atoms with Gasteiger partial charge in [0.05, 0.1) is 10.9 Å². The van der Waals surface area contributed by atoms with Crippen LogP contribution in [0.15, 0.2) is 53.4 Å². The van der Waals surface area contributed by atoms with E-state index < -0.39 is 34.6 Å². The molecule has 2 aromatic carbocycles. The highest BCUT2D eigenvalue weighted by atomic mass is 32.2. The van der Waals surface area contributed by atoms with E-state index in [1.165, 1.54) is 48.5 Å². The molecule has 0 aromatic heterocycles. The Morgan fingerprint density at radius 3 is 2.32 bits per heavy atom. The lowest BCUT2D eigenvalue weighted by Crippen LogP contribution is -2.40. The van der Waals surface area contributed by atoms with Crippen LogP contribution in [0.4, 0.5) is 4.39 Å². The molecular weight excluding hydrogens is 389 g/mol. The van der Waals surface area contributed by atoms with Crippen LogP contribution in [-0.4, -0.2) is 48.6 Å². The molecule has 0 bridgehead atoms. The van der Waals surface area contributed by atoms with Crippen LogP contribution in [-0.2, 0) is 14.6 Å². The first-order chi connectivity index (χ1) is 13.1. The summed E-state index contributed by atoms with van der Waals surface area (Å²) in [5, 5.41) is 31.3. The lowest BCUT2D eigenvalue weighted by atomic mass is 10.0. The lowest BCUT2D eigenvalue weighted by Gasteiger charge is -2.21. The third-order valence-electron chi connectivity index (χ3n) is 3.95. The first kappa shape index (κ1) is 21.4. The molecular formula is C19H20FNO6S. The van der Waals surface area contributed by atoms with Crippen LogP contribution in [0, 0.1) is 0 Å². The molecule has 1 amide bonds. The van der Waals surface area contributed by atoms with E-state index in [2.05, 4.69) is 5.32 Å². The number of carbonyl (C=O) groups excluding carboxylic acids is 1. The summed E-state index contributed by atoms with van der Waals surface area (Å²) in [5.74, 6) is -1.33. The van der Waals surface area contributed by atoms with Gasteiger partial charge >= 0.3 is 0 Å². The fraction of sp³-hybridized carbons (Fsp3) is 0.211. The largest absolute Gasteiger partial charge is 0.504 e. The molecule has 0 saturated carbocycles. The zero-order valence-electron chi connectivity index (χ0n) is 14.9. The molecule has 0 aliphatic heterocycles. The zero-order chi connectivity index (χ0) is 20.9.